The standard InChI is InChI=1S/C27H28N6O2/c1-35-23-9-7-20(8-10-23)24-15-30-27(28)31-25(24)22-6-3-12-33(17-22)26(34)21-5-2-4-19(14-21)16-32-13-11-29-18-32/h2,4-5,7-11,13-15,18,22H,3,6,12,16-17H2,1H3,(H2,28,30,31)/t22-/m0/s1. The number of imidazole rings is 1. The summed E-state index contributed by atoms with van der Waals surface area (Å²) in [5.74, 6) is 1.14. The molecular weight excluding hydrogens is 440 g/mol. The summed E-state index contributed by atoms with van der Waals surface area (Å²) >= 11 is 0. The minimum Gasteiger partial charge on any atom is -0.497 e. The van der Waals surface area contributed by atoms with Gasteiger partial charge in [0, 0.05) is 55.3 Å². The zero-order valence-electron chi connectivity index (χ0n) is 19.7. The van der Waals surface area contributed by atoms with Crippen LogP contribution in [0.4, 0.5) is 5.95 Å². The average molecular weight is 469 g/mol. The number of nitrogen functional groups attached to an aromatic ring is 1. The first-order valence-electron chi connectivity index (χ1n) is 11.7. The first kappa shape index (κ1) is 22.6. The molecule has 4 aromatic rings. The van der Waals surface area contributed by atoms with Crippen LogP contribution >= 0.6 is 0 Å². The predicted octanol–water partition coefficient (Wildman–Crippen LogP) is 4.00. The molecule has 1 fully saturated rings. The van der Waals surface area contributed by atoms with Gasteiger partial charge in [0.2, 0.25) is 5.95 Å². The van der Waals surface area contributed by atoms with Gasteiger partial charge in [0.1, 0.15) is 5.75 Å². The van der Waals surface area contributed by atoms with Crippen LogP contribution in [0.1, 0.15) is 40.4 Å². The lowest BCUT2D eigenvalue weighted by atomic mass is 9.89. The number of amides is 1. The number of hydrogen-bond acceptors (Lipinski definition) is 6. The highest BCUT2D eigenvalue weighted by molar-refractivity contribution is 5.94. The van der Waals surface area contributed by atoms with E-state index in [1.807, 2.05) is 64.2 Å². The average Bonchev–Trinajstić information content (AvgIpc) is 3.41. The Kier molecular flexibility index (Phi) is 6.43. The molecule has 178 valence electrons. The van der Waals surface area contributed by atoms with E-state index in [2.05, 4.69) is 15.0 Å². The van der Waals surface area contributed by atoms with E-state index in [-0.39, 0.29) is 17.8 Å². The monoisotopic (exact) mass is 468 g/mol. The fourth-order valence-electron chi connectivity index (χ4n) is 4.67. The quantitative estimate of drug-likeness (QED) is 0.459. The molecule has 1 amide bonds. The molecule has 2 N–H and O–H groups in total. The van der Waals surface area contributed by atoms with E-state index >= 15 is 0 Å². The molecule has 2 aromatic heterocycles. The Bertz CT molecular complexity index is 1300. The molecule has 1 saturated heterocycles. The molecule has 2 aromatic carbocycles. The third kappa shape index (κ3) is 5.01. The van der Waals surface area contributed by atoms with Crippen LogP contribution in [0.2, 0.25) is 0 Å². The lowest BCUT2D eigenvalue weighted by Gasteiger charge is -2.33. The Morgan fingerprint density at radius 3 is 2.83 bits per heavy atom. The Balaban J connectivity index is 1.38. The van der Waals surface area contributed by atoms with Gasteiger partial charge < -0.3 is 19.9 Å². The maximum atomic E-state index is 13.5. The second kappa shape index (κ2) is 9.97. The second-order valence-electron chi connectivity index (χ2n) is 8.78. The largest absolute Gasteiger partial charge is 0.497 e. The molecule has 35 heavy (non-hydrogen) atoms. The van der Waals surface area contributed by atoms with Crippen molar-refractivity contribution in [2.75, 3.05) is 25.9 Å². The van der Waals surface area contributed by atoms with Crippen LogP contribution in [-0.2, 0) is 6.54 Å². The van der Waals surface area contributed by atoms with E-state index in [0.29, 0.717) is 18.7 Å². The Hall–Kier alpha value is -4.20. The van der Waals surface area contributed by atoms with Crippen LogP contribution in [0.5, 0.6) is 5.75 Å². The molecule has 0 radical (unpaired) electrons. The molecule has 1 aliphatic rings. The Morgan fingerprint density at radius 2 is 2.06 bits per heavy atom. The van der Waals surface area contributed by atoms with Gasteiger partial charge in [-0.2, -0.15) is 0 Å². The van der Waals surface area contributed by atoms with Gasteiger partial charge in [0.15, 0.2) is 0 Å². The highest BCUT2D eigenvalue weighted by atomic mass is 16.5. The summed E-state index contributed by atoms with van der Waals surface area (Å²) in [6.07, 6.45) is 9.05. The maximum absolute atomic E-state index is 13.5. The predicted molar refractivity (Wildman–Crippen MR) is 134 cm³/mol. The van der Waals surface area contributed by atoms with E-state index < -0.39 is 0 Å². The number of hydrogen-bond donors (Lipinski definition) is 1. The topological polar surface area (TPSA) is 99.2 Å². The fourth-order valence-corrected chi connectivity index (χ4v) is 4.67. The second-order valence-corrected chi connectivity index (χ2v) is 8.78. The van der Waals surface area contributed by atoms with E-state index in [1.54, 1.807) is 25.8 Å². The third-order valence-electron chi connectivity index (χ3n) is 6.43. The van der Waals surface area contributed by atoms with E-state index in [9.17, 15) is 4.79 Å². The lowest BCUT2D eigenvalue weighted by molar-refractivity contribution is 0.0706. The molecule has 1 atom stereocenters. The van der Waals surface area contributed by atoms with Crippen LogP contribution in [0, 0.1) is 0 Å². The minimum absolute atomic E-state index is 0.0372. The summed E-state index contributed by atoms with van der Waals surface area (Å²) in [4.78, 5) is 28.4. The Morgan fingerprint density at radius 1 is 1.20 bits per heavy atom. The summed E-state index contributed by atoms with van der Waals surface area (Å²) in [6.45, 7) is 1.99. The van der Waals surface area contributed by atoms with Crippen LogP contribution in [-0.4, -0.2) is 50.5 Å². The van der Waals surface area contributed by atoms with Crippen molar-refractivity contribution in [1.82, 2.24) is 24.4 Å². The zero-order chi connectivity index (χ0) is 24.2. The number of piperidine rings is 1. The first-order chi connectivity index (χ1) is 17.1. The van der Waals surface area contributed by atoms with Gasteiger partial charge in [0.25, 0.3) is 5.91 Å². The van der Waals surface area contributed by atoms with E-state index in [0.717, 1.165) is 47.5 Å². The van der Waals surface area contributed by atoms with Crippen molar-refractivity contribution in [3.05, 3.63) is 90.3 Å². The summed E-state index contributed by atoms with van der Waals surface area (Å²) in [5.41, 5.74) is 10.6. The zero-order valence-corrected chi connectivity index (χ0v) is 19.7. The van der Waals surface area contributed by atoms with Gasteiger partial charge in [-0.1, -0.05) is 24.3 Å². The van der Waals surface area contributed by atoms with Gasteiger partial charge in [0.05, 0.1) is 19.1 Å². The maximum Gasteiger partial charge on any atom is 0.253 e. The minimum atomic E-state index is 0.0372. The SMILES string of the molecule is COc1ccc(-c2cnc(N)nc2[C@H]2CCCN(C(=O)c3cccc(Cn4ccnc4)c3)C2)cc1. The van der Waals surface area contributed by atoms with Gasteiger partial charge in [-0.3, -0.25) is 4.79 Å². The normalized spacial score (nSPS) is 15.7. The highest BCUT2D eigenvalue weighted by Gasteiger charge is 2.28. The number of aromatic nitrogens is 4. The highest BCUT2D eigenvalue weighted by Crippen LogP contribution is 2.34. The molecule has 0 saturated carbocycles. The number of nitrogens with zero attached hydrogens (tertiary/aromatic N) is 5. The third-order valence-corrected chi connectivity index (χ3v) is 6.43. The van der Waals surface area contributed by atoms with Crippen LogP contribution in [0.15, 0.2) is 73.4 Å². The number of anilines is 1. The molecule has 5 rings (SSSR count). The van der Waals surface area contributed by atoms with Crippen molar-refractivity contribution in [3.63, 3.8) is 0 Å². The fraction of sp³-hybridized carbons (Fsp3) is 0.259. The number of methoxy groups -OCH3 is 1. The Labute approximate surface area is 204 Å². The van der Waals surface area contributed by atoms with Gasteiger partial charge >= 0.3 is 0 Å². The smallest absolute Gasteiger partial charge is 0.253 e. The van der Waals surface area contributed by atoms with Crippen molar-refractivity contribution < 1.29 is 9.53 Å². The first-order valence-corrected chi connectivity index (χ1v) is 11.7. The molecule has 0 aliphatic carbocycles. The lowest BCUT2D eigenvalue weighted by Crippen LogP contribution is -2.39. The van der Waals surface area contributed by atoms with Crippen LogP contribution in [0.3, 0.4) is 0 Å². The molecule has 1 aliphatic heterocycles. The molecule has 0 unspecified atom stereocenters. The van der Waals surface area contributed by atoms with Crippen molar-refractivity contribution >= 4 is 11.9 Å². The number of carbonyl (C=O) groups is 1. The molecule has 8 nitrogen and oxygen atoms in total. The van der Waals surface area contributed by atoms with Crippen molar-refractivity contribution in [3.8, 4) is 16.9 Å². The van der Waals surface area contributed by atoms with Crippen LogP contribution < -0.4 is 10.5 Å². The van der Waals surface area contributed by atoms with Crippen molar-refractivity contribution in [1.29, 1.82) is 0 Å². The molecular formula is C27H28N6O2. The number of benzene rings is 2. The number of rotatable bonds is 6. The van der Waals surface area contributed by atoms with Gasteiger partial charge in [-0.25, -0.2) is 15.0 Å². The number of nitrogens with two attached hydrogens (primary N) is 1. The molecule has 0 spiro atoms. The summed E-state index contributed by atoms with van der Waals surface area (Å²) in [5, 5.41) is 0. The van der Waals surface area contributed by atoms with Gasteiger partial charge in [-0.15, -0.1) is 0 Å². The number of likely N-dealkylation sites (tertiary alicyclic amines) is 1. The summed E-state index contributed by atoms with van der Waals surface area (Å²) in [6, 6.07) is 15.6. The number of carbonyl (C=O) groups excluding carboxylic acids is 1. The van der Waals surface area contributed by atoms with Gasteiger partial charge in [-0.05, 0) is 48.2 Å². The van der Waals surface area contributed by atoms with Crippen LogP contribution in [0.25, 0.3) is 11.1 Å². The van der Waals surface area contributed by atoms with E-state index in [4.69, 9.17) is 10.5 Å². The molecule has 0 bridgehead atoms. The summed E-state index contributed by atoms with van der Waals surface area (Å²) in [7, 11) is 1.65. The molecule has 3 heterocycles. The molecule has 8 heteroatoms. The summed E-state index contributed by atoms with van der Waals surface area (Å²) < 4.78 is 7.28. The number of ether oxygens (including phenoxy) is 1. The van der Waals surface area contributed by atoms with Crippen molar-refractivity contribution in [2.45, 2.75) is 25.3 Å². The van der Waals surface area contributed by atoms with Crippen molar-refractivity contribution in [2.24, 2.45) is 0 Å². The van der Waals surface area contributed by atoms with E-state index in [1.165, 1.54) is 0 Å².